The first-order valence-electron chi connectivity index (χ1n) is 8.32. The monoisotopic (exact) mass is 277 g/mol. The maximum atomic E-state index is 4.54. The summed E-state index contributed by atoms with van der Waals surface area (Å²) in [6.45, 7) is 9.13. The van der Waals surface area contributed by atoms with Crippen LogP contribution in [0.4, 0.5) is 0 Å². The Morgan fingerprint density at radius 2 is 2.20 bits per heavy atom. The van der Waals surface area contributed by atoms with Crippen LogP contribution in [0.1, 0.15) is 57.9 Å². The van der Waals surface area contributed by atoms with Crippen molar-refractivity contribution in [2.24, 2.45) is 17.8 Å². The molecule has 20 heavy (non-hydrogen) atoms. The number of rotatable bonds is 6. The van der Waals surface area contributed by atoms with Crippen molar-refractivity contribution >= 4 is 0 Å². The number of nitrogens with zero attached hydrogens (tertiary/aromatic N) is 2. The molecule has 1 saturated carbocycles. The summed E-state index contributed by atoms with van der Waals surface area (Å²) in [5, 5.41) is 7.93. The minimum atomic E-state index is 0.689. The second-order valence-electron chi connectivity index (χ2n) is 6.78. The van der Waals surface area contributed by atoms with Crippen molar-refractivity contribution in [1.82, 2.24) is 15.1 Å². The SMILES string of the molecule is CCCn1cc(C2CC(C(C)C)CCC2CNC)cn1. The first-order valence-corrected chi connectivity index (χ1v) is 8.32. The van der Waals surface area contributed by atoms with Crippen molar-refractivity contribution in [3.63, 3.8) is 0 Å². The van der Waals surface area contributed by atoms with E-state index < -0.39 is 0 Å². The van der Waals surface area contributed by atoms with Crippen LogP contribution in [0.5, 0.6) is 0 Å². The van der Waals surface area contributed by atoms with Crippen LogP contribution in [0.2, 0.25) is 0 Å². The largest absolute Gasteiger partial charge is 0.319 e. The van der Waals surface area contributed by atoms with Gasteiger partial charge >= 0.3 is 0 Å². The Kier molecular flexibility index (Phi) is 5.64. The highest BCUT2D eigenvalue weighted by Crippen LogP contribution is 2.42. The van der Waals surface area contributed by atoms with Gasteiger partial charge in [-0.15, -0.1) is 0 Å². The fourth-order valence-electron chi connectivity index (χ4n) is 3.71. The van der Waals surface area contributed by atoms with Crippen molar-refractivity contribution in [2.45, 2.75) is 58.9 Å². The minimum Gasteiger partial charge on any atom is -0.319 e. The van der Waals surface area contributed by atoms with Gasteiger partial charge in [0.15, 0.2) is 0 Å². The summed E-state index contributed by atoms with van der Waals surface area (Å²) in [4.78, 5) is 0. The zero-order valence-corrected chi connectivity index (χ0v) is 13.6. The van der Waals surface area contributed by atoms with Gasteiger partial charge < -0.3 is 5.32 Å². The van der Waals surface area contributed by atoms with E-state index in [-0.39, 0.29) is 0 Å². The molecule has 2 rings (SSSR count). The predicted octanol–water partition coefficient (Wildman–Crippen LogP) is 3.67. The zero-order valence-electron chi connectivity index (χ0n) is 13.6. The first-order chi connectivity index (χ1) is 9.65. The van der Waals surface area contributed by atoms with Gasteiger partial charge in [0.2, 0.25) is 0 Å². The summed E-state index contributed by atoms with van der Waals surface area (Å²) in [5.41, 5.74) is 1.46. The topological polar surface area (TPSA) is 29.9 Å². The highest BCUT2D eigenvalue weighted by Gasteiger charge is 2.33. The lowest BCUT2D eigenvalue weighted by Gasteiger charge is -2.37. The highest BCUT2D eigenvalue weighted by molar-refractivity contribution is 5.14. The predicted molar refractivity (Wildman–Crippen MR) is 84.9 cm³/mol. The third-order valence-corrected chi connectivity index (χ3v) is 4.98. The Labute approximate surface area is 124 Å². The van der Waals surface area contributed by atoms with Gasteiger partial charge in [0, 0.05) is 12.7 Å². The lowest BCUT2D eigenvalue weighted by atomic mass is 9.69. The summed E-state index contributed by atoms with van der Waals surface area (Å²) in [5.74, 6) is 3.14. The van der Waals surface area contributed by atoms with Crippen LogP contribution in [0.15, 0.2) is 12.4 Å². The first kappa shape index (κ1) is 15.6. The molecule has 1 aliphatic carbocycles. The van der Waals surface area contributed by atoms with Crippen molar-refractivity contribution in [3.05, 3.63) is 18.0 Å². The molecular formula is C17H31N3. The van der Waals surface area contributed by atoms with Crippen molar-refractivity contribution in [2.75, 3.05) is 13.6 Å². The Balaban J connectivity index is 2.12. The fraction of sp³-hybridized carbons (Fsp3) is 0.824. The van der Waals surface area contributed by atoms with E-state index in [1.54, 1.807) is 0 Å². The average molecular weight is 277 g/mol. The second kappa shape index (κ2) is 7.26. The lowest BCUT2D eigenvalue weighted by molar-refractivity contribution is 0.192. The summed E-state index contributed by atoms with van der Waals surface area (Å²) in [7, 11) is 2.08. The van der Waals surface area contributed by atoms with Gasteiger partial charge in [-0.05, 0) is 68.5 Å². The molecule has 0 amide bonds. The summed E-state index contributed by atoms with van der Waals surface area (Å²) >= 11 is 0. The smallest absolute Gasteiger partial charge is 0.0524 e. The molecular weight excluding hydrogens is 246 g/mol. The average Bonchev–Trinajstić information content (AvgIpc) is 2.88. The van der Waals surface area contributed by atoms with Crippen molar-refractivity contribution in [1.29, 1.82) is 0 Å². The molecule has 0 aliphatic heterocycles. The number of nitrogens with one attached hydrogen (secondary N) is 1. The van der Waals surface area contributed by atoms with Gasteiger partial charge in [-0.2, -0.15) is 5.10 Å². The molecule has 0 radical (unpaired) electrons. The Bertz CT molecular complexity index is 397. The molecule has 0 aromatic carbocycles. The van der Waals surface area contributed by atoms with E-state index in [0.717, 1.165) is 37.3 Å². The Morgan fingerprint density at radius 1 is 1.40 bits per heavy atom. The van der Waals surface area contributed by atoms with Crippen LogP contribution in [-0.4, -0.2) is 23.4 Å². The van der Waals surface area contributed by atoms with E-state index in [9.17, 15) is 0 Å². The molecule has 0 saturated heterocycles. The molecule has 3 nitrogen and oxygen atoms in total. The van der Waals surface area contributed by atoms with E-state index in [0.29, 0.717) is 5.92 Å². The van der Waals surface area contributed by atoms with Gasteiger partial charge in [0.1, 0.15) is 0 Å². The molecule has 1 aromatic rings. The van der Waals surface area contributed by atoms with Gasteiger partial charge in [-0.25, -0.2) is 0 Å². The zero-order chi connectivity index (χ0) is 14.5. The maximum Gasteiger partial charge on any atom is 0.0524 e. The molecule has 1 N–H and O–H groups in total. The highest BCUT2D eigenvalue weighted by atomic mass is 15.3. The quantitative estimate of drug-likeness (QED) is 0.860. The van der Waals surface area contributed by atoms with Crippen LogP contribution < -0.4 is 5.32 Å². The van der Waals surface area contributed by atoms with Crippen molar-refractivity contribution < 1.29 is 0 Å². The second-order valence-corrected chi connectivity index (χ2v) is 6.78. The molecule has 3 heteroatoms. The van der Waals surface area contributed by atoms with Crippen LogP contribution >= 0.6 is 0 Å². The van der Waals surface area contributed by atoms with Gasteiger partial charge in [0.25, 0.3) is 0 Å². The molecule has 0 spiro atoms. The van der Waals surface area contributed by atoms with E-state index >= 15 is 0 Å². The fourth-order valence-corrected chi connectivity index (χ4v) is 3.71. The standard InChI is InChI=1S/C17H31N3/c1-5-8-20-12-16(11-19-20)17-9-14(13(2)3)6-7-15(17)10-18-4/h11-15,17-18H,5-10H2,1-4H3. The number of aromatic nitrogens is 2. The van der Waals surface area contributed by atoms with E-state index in [4.69, 9.17) is 0 Å². The normalized spacial score (nSPS) is 27.1. The minimum absolute atomic E-state index is 0.689. The Morgan fingerprint density at radius 3 is 2.85 bits per heavy atom. The Hall–Kier alpha value is -0.830. The van der Waals surface area contributed by atoms with E-state index in [1.165, 1.54) is 24.8 Å². The molecule has 3 unspecified atom stereocenters. The van der Waals surface area contributed by atoms with E-state index in [2.05, 4.69) is 55.3 Å². The van der Waals surface area contributed by atoms with Crippen molar-refractivity contribution in [3.8, 4) is 0 Å². The van der Waals surface area contributed by atoms with E-state index in [1.807, 2.05) is 0 Å². The number of hydrogen-bond donors (Lipinski definition) is 1. The summed E-state index contributed by atoms with van der Waals surface area (Å²) in [6, 6.07) is 0. The molecule has 1 aromatic heterocycles. The van der Waals surface area contributed by atoms with Crippen LogP contribution in [0.3, 0.4) is 0 Å². The third kappa shape index (κ3) is 3.63. The molecule has 114 valence electrons. The number of aryl methyl sites for hydroxylation is 1. The molecule has 1 aliphatic rings. The summed E-state index contributed by atoms with van der Waals surface area (Å²) < 4.78 is 2.12. The molecule has 1 fully saturated rings. The van der Waals surface area contributed by atoms with Gasteiger partial charge in [-0.1, -0.05) is 20.8 Å². The molecule has 1 heterocycles. The third-order valence-electron chi connectivity index (χ3n) is 4.98. The molecule has 0 bridgehead atoms. The van der Waals surface area contributed by atoms with Crippen LogP contribution in [-0.2, 0) is 6.54 Å². The maximum absolute atomic E-state index is 4.54. The lowest BCUT2D eigenvalue weighted by Crippen LogP contribution is -2.31. The van der Waals surface area contributed by atoms with Gasteiger partial charge in [0.05, 0.1) is 6.20 Å². The number of hydrogen-bond acceptors (Lipinski definition) is 2. The van der Waals surface area contributed by atoms with Gasteiger partial charge in [-0.3, -0.25) is 4.68 Å². The molecule has 3 atom stereocenters. The van der Waals surface area contributed by atoms with Crippen LogP contribution in [0, 0.1) is 17.8 Å². The summed E-state index contributed by atoms with van der Waals surface area (Å²) in [6.07, 6.45) is 9.64. The van der Waals surface area contributed by atoms with Crippen LogP contribution in [0.25, 0.3) is 0 Å².